The molecule has 0 aliphatic carbocycles. The molecule has 1 aliphatic heterocycles. The van der Waals surface area contributed by atoms with Crippen LogP contribution in [0.2, 0.25) is 0 Å². The second-order valence-electron chi connectivity index (χ2n) is 5.35. The highest BCUT2D eigenvalue weighted by Crippen LogP contribution is 2.32. The Morgan fingerprint density at radius 3 is 2.88 bits per heavy atom. The highest BCUT2D eigenvalue weighted by Gasteiger charge is 2.16. The molecule has 0 atom stereocenters. The largest absolute Gasteiger partial charge is 0.486 e. The van der Waals surface area contributed by atoms with Crippen molar-refractivity contribution in [2.45, 2.75) is 6.42 Å². The average Bonchev–Trinajstić information content (AvgIpc) is 3.31. The van der Waals surface area contributed by atoms with Crippen LogP contribution in [0.15, 0.2) is 41.0 Å². The van der Waals surface area contributed by atoms with Gasteiger partial charge in [0.1, 0.15) is 18.2 Å². The predicted octanol–water partition coefficient (Wildman–Crippen LogP) is 2.81. The van der Waals surface area contributed by atoms with Gasteiger partial charge in [-0.05, 0) is 29.8 Å². The molecule has 0 amide bonds. The summed E-state index contributed by atoms with van der Waals surface area (Å²) in [6.07, 6.45) is 2.31. The van der Waals surface area contributed by atoms with Crippen LogP contribution in [0.3, 0.4) is 0 Å². The van der Waals surface area contributed by atoms with Gasteiger partial charge in [0.25, 0.3) is 0 Å². The molecule has 0 N–H and O–H groups in total. The van der Waals surface area contributed by atoms with Crippen LogP contribution in [0.4, 0.5) is 0 Å². The summed E-state index contributed by atoms with van der Waals surface area (Å²) in [6.45, 7) is 1.18. The van der Waals surface area contributed by atoms with Crippen LogP contribution in [0.1, 0.15) is 10.6 Å². The number of hydrogen-bond acceptors (Lipinski definition) is 7. The summed E-state index contributed by atoms with van der Waals surface area (Å²) in [5, 5.41) is 13.9. The van der Waals surface area contributed by atoms with Crippen molar-refractivity contribution in [2.24, 2.45) is 0 Å². The van der Waals surface area contributed by atoms with E-state index in [1.54, 1.807) is 10.8 Å². The van der Waals surface area contributed by atoms with Gasteiger partial charge in [-0.1, -0.05) is 17.4 Å². The second-order valence-corrected chi connectivity index (χ2v) is 6.39. The van der Waals surface area contributed by atoms with E-state index in [1.807, 2.05) is 30.3 Å². The molecule has 0 fully saturated rings. The normalized spacial score (nSPS) is 13.5. The molecule has 0 saturated heterocycles. The first-order valence-corrected chi connectivity index (χ1v) is 8.32. The smallest absolute Gasteiger partial charge is 0.235 e. The van der Waals surface area contributed by atoms with Crippen molar-refractivity contribution in [1.29, 1.82) is 0 Å². The number of hydrogen-bond donors (Lipinski definition) is 0. The topological polar surface area (TPSA) is 74.7 Å². The van der Waals surface area contributed by atoms with Crippen molar-refractivity contribution in [1.82, 2.24) is 19.8 Å². The third-order valence-corrected chi connectivity index (χ3v) is 4.63. The molecule has 5 rings (SSSR count). The van der Waals surface area contributed by atoms with Gasteiger partial charge in [-0.2, -0.15) is 9.61 Å². The number of rotatable bonds is 3. The van der Waals surface area contributed by atoms with E-state index >= 15 is 0 Å². The van der Waals surface area contributed by atoms with E-state index in [9.17, 15) is 0 Å². The van der Waals surface area contributed by atoms with Gasteiger partial charge in [0.05, 0.1) is 6.26 Å². The Balaban J connectivity index is 1.47. The highest BCUT2D eigenvalue weighted by molar-refractivity contribution is 7.16. The lowest BCUT2D eigenvalue weighted by atomic mass is 10.1. The Labute approximate surface area is 140 Å². The molecule has 24 heavy (non-hydrogen) atoms. The molecule has 3 aromatic heterocycles. The lowest BCUT2D eigenvalue weighted by molar-refractivity contribution is 0.171. The van der Waals surface area contributed by atoms with Crippen molar-refractivity contribution >= 4 is 16.3 Å². The van der Waals surface area contributed by atoms with Gasteiger partial charge in [-0.25, -0.2) is 0 Å². The van der Waals surface area contributed by atoms with Gasteiger partial charge in [0.2, 0.25) is 10.8 Å². The summed E-state index contributed by atoms with van der Waals surface area (Å²) in [4.78, 5) is 0.744. The summed E-state index contributed by atoms with van der Waals surface area (Å²) >= 11 is 1.51. The Morgan fingerprint density at radius 1 is 1.08 bits per heavy atom. The summed E-state index contributed by atoms with van der Waals surface area (Å²) in [5.41, 5.74) is 1.11. The Bertz CT molecular complexity index is 1010. The summed E-state index contributed by atoms with van der Waals surface area (Å²) in [5.74, 6) is 2.85. The average molecular weight is 340 g/mol. The number of ether oxygens (including phenoxy) is 2. The fourth-order valence-corrected chi connectivity index (χ4v) is 3.53. The van der Waals surface area contributed by atoms with E-state index in [-0.39, 0.29) is 0 Å². The summed E-state index contributed by atoms with van der Waals surface area (Å²) in [6, 6.07) is 9.64. The van der Waals surface area contributed by atoms with Gasteiger partial charge < -0.3 is 13.9 Å². The van der Waals surface area contributed by atoms with E-state index in [4.69, 9.17) is 13.9 Å². The van der Waals surface area contributed by atoms with Crippen molar-refractivity contribution < 1.29 is 13.9 Å². The predicted molar refractivity (Wildman–Crippen MR) is 86.6 cm³/mol. The molecule has 0 bridgehead atoms. The maximum Gasteiger partial charge on any atom is 0.235 e. The van der Waals surface area contributed by atoms with Crippen LogP contribution in [0.25, 0.3) is 16.5 Å². The quantitative estimate of drug-likeness (QED) is 0.571. The third-order valence-electron chi connectivity index (χ3n) is 3.74. The van der Waals surface area contributed by atoms with Crippen LogP contribution < -0.4 is 9.47 Å². The van der Waals surface area contributed by atoms with Gasteiger partial charge >= 0.3 is 0 Å². The van der Waals surface area contributed by atoms with Gasteiger partial charge in [0.15, 0.2) is 17.3 Å². The Morgan fingerprint density at radius 2 is 2.00 bits per heavy atom. The fourth-order valence-electron chi connectivity index (χ4n) is 2.66. The standard InChI is InChI=1S/C16H12N4O3S/c1-2-12(21-5-1)15-17-18-16-20(15)19-14(24-16)9-10-3-4-11-13(8-10)23-7-6-22-11/h1-5,8H,6-7,9H2. The van der Waals surface area contributed by atoms with Crippen molar-refractivity contribution in [3.63, 3.8) is 0 Å². The monoisotopic (exact) mass is 340 g/mol. The van der Waals surface area contributed by atoms with E-state index in [0.717, 1.165) is 27.0 Å². The molecule has 0 saturated carbocycles. The third kappa shape index (κ3) is 2.23. The fraction of sp³-hybridized carbons (Fsp3) is 0.188. The first kappa shape index (κ1) is 13.6. The zero-order chi connectivity index (χ0) is 15.9. The van der Waals surface area contributed by atoms with Crippen LogP contribution in [0.5, 0.6) is 11.5 Å². The minimum atomic E-state index is 0.583. The van der Waals surface area contributed by atoms with Crippen LogP contribution in [-0.4, -0.2) is 33.0 Å². The number of fused-ring (bicyclic) bond motifs is 2. The summed E-state index contributed by atoms with van der Waals surface area (Å²) in [7, 11) is 0. The number of furan rings is 1. The van der Waals surface area contributed by atoms with Crippen molar-refractivity contribution in [3.8, 4) is 23.1 Å². The molecule has 120 valence electrons. The molecule has 8 heteroatoms. The molecule has 1 aromatic carbocycles. The Hall–Kier alpha value is -2.87. The van der Waals surface area contributed by atoms with Crippen LogP contribution in [0, 0.1) is 0 Å². The maximum absolute atomic E-state index is 5.63. The Kier molecular flexibility index (Phi) is 3.02. The van der Waals surface area contributed by atoms with Gasteiger partial charge in [0, 0.05) is 6.42 Å². The lowest BCUT2D eigenvalue weighted by Gasteiger charge is -2.18. The number of nitrogens with zero attached hydrogens (tertiary/aromatic N) is 4. The van der Waals surface area contributed by atoms with E-state index in [1.165, 1.54) is 11.3 Å². The van der Waals surface area contributed by atoms with Gasteiger partial charge in [-0.3, -0.25) is 0 Å². The molecule has 0 spiro atoms. The molecule has 0 unspecified atom stereocenters. The molecule has 1 aliphatic rings. The molecular formula is C16H12N4O3S. The maximum atomic E-state index is 5.63. The van der Waals surface area contributed by atoms with Gasteiger partial charge in [-0.15, -0.1) is 10.2 Å². The first-order chi connectivity index (χ1) is 11.9. The molecular weight excluding hydrogens is 328 g/mol. The van der Waals surface area contributed by atoms with Crippen molar-refractivity contribution in [2.75, 3.05) is 13.2 Å². The first-order valence-electron chi connectivity index (χ1n) is 7.50. The second kappa shape index (κ2) is 5.34. The minimum Gasteiger partial charge on any atom is -0.486 e. The van der Waals surface area contributed by atoms with E-state index in [2.05, 4.69) is 15.3 Å². The SMILES string of the molecule is c1coc(-c2nnc3sc(Cc4ccc5c(c4)OCCO5)nn23)c1. The lowest BCUT2D eigenvalue weighted by Crippen LogP contribution is -2.15. The van der Waals surface area contributed by atoms with E-state index in [0.29, 0.717) is 31.2 Å². The molecule has 0 radical (unpaired) electrons. The van der Waals surface area contributed by atoms with E-state index < -0.39 is 0 Å². The molecule has 7 nitrogen and oxygen atoms in total. The summed E-state index contributed by atoms with van der Waals surface area (Å²) < 4.78 is 18.3. The van der Waals surface area contributed by atoms with Crippen LogP contribution in [-0.2, 0) is 6.42 Å². The number of benzene rings is 1. The zero-order valence-corrected chi connectivity index (χ0v) is 13.3. The van der Waals surface area contributed by atoms with Crippen molar-refractivity contribution in [3.05, 3.63) is 47.2 Å². The molecule has 4 heterocycles. The zero-order valence-electron chi connectivity index (χ0n) is 12.5. The minimum absolute atomic E-state index is 0.583. The van der Waals surface area contributed by atoms with Crippen LogP contribution >= 0.6 is 11.3 Å². The number of aromatic nitrogens is 4. The molecule has 4 aromatic rings. The highest BCUT2D eigenvalue weighted by atomic mass is 32.1.